The van der Waals surface area contributed by atoms with Crippen molar-refractivity contribution in [3.05, 3.63) is 34.4 Å². The third-order valence-electron chi connectivity index (χ3n) is 3.10. The zero-order valence-corrected chi connectivity index (χ0v) is 14.6. The Labute approximate surface area is 166 Å². The second kappa shape index (κ2) is 9.09. The Morgan fingerprint density at radius 1 is 1.03 bits per heavy atom. The van der Waals surface area contributed by atoms with Crippen LogP contribution in [0.3, 0.4) is 0 Å². The topological polar surface area (TPSA) is 112 Å². The molecule has 0 radical (unpaired) electrons. The van der Waals surface area contributed by atoms with Crippen LogP contribution >= 0.6 is 0 Å². The molecule has 2 aromatic rings. The van der Waals surface area contributed by atoms with Gasteiger partial charge in [-0.05, 0) is 6.07 Å². The van der Waals surface area contributed by atoms with Crippen molar-refractivity contribution in [1.82, 2.24) is 15.0 Å². The first-order chi connectivity index (χ1) is 14.3. The van der Waals surface area contributed by atoms with Crippen LogP contribution < -0.4 is 14.8 Å². The van der Waals surface area contributed by atoms with E-state index in [1.165, 1.54) is 12.1 Å². The van der Waals surface area contributed by atoms with Crippen molar-refractivity contribution < 1.29 is 49.5 Å². The Bertz CT molecular complexity index is 933. The molecule has 17 heteroatoms. The van der Waals surface area contributed by atoms with Gasteiger partial charge in [-0.1, -0.05) is 6.07 Å². The van der Waals surface area contributed by atoms with Crippen molar-refractivity contribution in [2.75, 3.05) is 11.9 Å². The molecule has 0 aliphatic rings. The van der Waals surface area contributed by atoms with Crippen molar-refractivity contribution >= 4 is 17.3 Å². The van der Waals surface area contributed by atoms with Gasteiger partial charge in [0.2, 0.25) is 5.95 Å². The number of benzene rings is 1. The van der Waals surface area contributed by atoms with Gasteiger partial charge in [0.25, 0.3) is 5.69 Å². The predicted octanol–water partition coefficient (Wildman–Crippen LogP) is 4.04. The Balaban J connectivity index is 2.36. The molecule has 0 saturated heterocycles. The standard InChI is InChI=1S/C14H9F8N5O4/c15-8(16)13(19,20)5-30-11-24-10(23-6-2-1-3-7(4-6)27(28)29)25-12(26-11)31-14(21,22)9(17)18/h1-4,8-9H,5H2,(H,23,24,25,26). The molecule has 1 aromatic heterocycles. The lowest BCUT2D eigenvalue weighted by Gasteiger charge is -2.17. The number of rotatable bonds is 10. The molecule has 0 aliphatic carbocycles. The Morgan fingerprint density at radius 2 is 1.68 bits per heavy atom. The summed E-state index contributed by atoms with van der Waals surface area (Å²) in [5.74, 6) is -5.51. The molecule has 9 nitrogen and oxygen atoms in total. The summed E-state index contributed by atoms with van der Waals surface area (Å²) in [6, 6.07) is 1.59. The van der Waals surface area contributed by atoms with Gasteiger partial charge in [0.05, 0.1) is 4.92 Å². The number of nitrogens with zero attached hydrogens (tertiary/aromatic N) is 4. The summed E-state index contributed by atoms with van der Waals surface area (Å²) in [7, 11) is 0. The van der Waals surface area contributed by atoms with Crippen LogP contribution in [0.2, 0.25) is 0 Å². The number of halogens is 8. The summed E-state index contributed by atoms with van der Waals surface area (Å²) in [6.07, 6.45) is -13.6. The smallest absolute Gasteiger partial charge is 0.457 e. The molecule has 0 amide bonds. The highest BCUT2D eigenvalue weighted by atomic mass is 19.3. The van der Waals surface area contributed by atoms with E-state index in [1.807, 2.05) is 0 Å². The van der Waals surface area contributed by atoms with Crippen LogP contribution in [0.1, 0.15) is 0 Å². The monoisotopic (exact) mass is 463 g/mol. The van der Waals surface area contributed by atoms with Crippen LogP contribution in [0, 0.1) is 10.1 Å². The first-order valence-corrected chi connectivity index (χ1v) is 7.71. The van der Waals surface area contributed by atoms with Crippen molar-refractivity contribution in [2.45, 2.75) is 24.9 Å². The SMILES string of the molecule is O=[N+]([O-])c1cccc(Nc2nc(OCC(F)(F)C(F)F)nc(OC(F)(F)C(F)F)n2)c1. The second-order valence-corrected chi connectivity index (χ2v) is 5.47. The maximum atomic E-state index is 13.1. The molecule has 1 N–H and O–H groups in total. The summed E-state index contributed by atoms with van der Waals surface area (Å²) in [5, 5.41) is 13.0. The molecule has 1 aromatic carbocycles. The molecule has 0 bridgehead atoms. The molecule has 0 saturated carbocycles. The number of nitro benzene ring substituents is 1. The molecule has 0 fully saturated rings. The Kier molecular flexibility index (Phi) is 6.96. The van der Waals surface area contributed by atoms with Gasteiger partial charge in [-0.2, -0.15) is 36.3 Å². The van der Waals surface area contributed by atoms with Gasteiger partial charge in [0, 0.05) is 17.8 Å². The Morgan fingerprint density at radius 3 is 2.26 bits per heavy atom. The summed E-state index contributed by atoms with van der Waals surface area (Å²) in [6.45, 7) is -2.00. The minimum atomic E-state index is -5.12. The number of nitro groups is 1. The summed E-state index contributed by atoms with van der Waals surface area (Å²) in [4.78, 5) is 19.4. The van der Waals surface area contributed by atoms with Crippen molar-refractivity contribution in [3.8, 4) is 12.0 Å². The largest absolute Gasteiger partial charge is 0.463 e. The van der Waals surface area contributed by atoms with Gasteiger partial charge in [0.1, 0.15) is 0 Å². The quantitative estimate of drug-likeness (QED) is 0.319. The van der Waals surface area contributed by atoms with Gasteiger partial charge in [-0.15, -0.1) is 4.98 Å². The Hall–Kier alpha value is -3.53. The van der Waals surface area contributed by atoms with Crippen LogP contribution in [0.15, 0.2) is 24.3 Å². The zero-order chi connectivity index (χ0) is 23.4. The average molecular weight is 463 g/mol. The highest BCUT2D eigenvalue weighted by Crippen LogP contribution is 2.29. The lowest BCUT2D eigenvalue weighted by Crippen LogP contribution is -2.35. The summed E-state index contributed by atoms with van der Waals surface area (Å²) >= 11 is 0. The number of ether oxygens (including phenoxy) is 2. The van der Waals surface area contributed by atoms with Crippen LogP contribution in [-0.2, 0) is 0 Å². The van der Waals surface area contributed by atoms with E-state index >= 15 is 0 Å². The van der Waals surface area contributed by atoms with Gasteiger partial charge in [-0.3, -0.25) is 10.1 Å². The number of aromatic nitrogens is 3. The summed E-state index contributed by atoms with van der Waals surface area (Å²) in [5.41, 5.74) is -0.566. The van der Waals surface area contributed by atoms with Gasteiger partial charge in [0.15, 0.2) is 6.61 Å². The average Bonchev–Trinajstić information content (AvgIpc) is 2.66. The molecule has 2 rings (SSSR count). The predicted molar refractivity (Wildman–Crippen MR) is 84.2 cm³/mol. The molecule has 170 valence electrons. The first-order valence-electron chi connectivity index (χ1n) is 7.71. The van der Waals surface area contributed by atoms with Crippen LogP contribution in [-0.4, -0.2) is 51.4 Å². The van der Waals surface area contributed by atoms with E-state index in [9.17, 15) is 45.2 Å². The third kappa shape index (κ3) is 6.48. The van der Waals surface area contributed by atoms with Crippen molar-refractivity contribution in [3.63, 3.8) is 0 Å². The number of alkyl halides is 8. The van der Waals surface area contributed by atoms with E-state index in [1.54, 1.807) is 0 Å². The number of non-ortho nitro benzene ring substituents is 1. The molecular weight excluding hydrogens is 454 g/mol. The first kappa shape index (κ1) is 23.7. The van der Waals surface area contributed by atoms with Crippen molar-refractivity contribution in [1.29, 1.82) is 0 Å². The molecule has 31 heavy (non-hydrogen) atoms. The minimum Gasteiger partial charge on any atom is -0.457 e. The van der Waals surface area contributed by atoms with Gasteiger partial charge >= 0.3 is 36.9 Å². The lowest BCUT2D eigenvalue weighted by molar-refractivity contribution is -0.384. The number of hydrogen-bond acceptors (Lipinski definition) is 8. The van der Waals surface area contributed by atoms with E-state index < -0.39 is 60.1 Å². The summed E-state index contributed by atoms with van der Waals surface area (Å²) < 4.78 is 109. The minimum absolute atomic E-state index is 0.129. The van der Waals surface area contributed by atoms with E-state index in [2.05, 4.69) is 29.7 Å². The van der Waals surface area contributed by atoms with Gasteiger partial charge < -0.3 is 14.8 Å². The maximum absolute atomic E-state index is 13.1. The van der Waals surface area contributed by atoms with Crippen LogP contribution in [0.4, 0.5) is 52.4 Å². The highest BCUT2D eigenvalue weighted by molar-refractivity contribution is 5.57. The maximum Gasteiger partial charge on any atom is 0.463 e. The van der Waals surface area contributed by atoms with Crippen molar-refractivity contribution in [2.24, 2.45) is 0 Å². The molecule has 0 aliphatic heterocycles. The fourth-order valence-electron chi connectivity index (χ4n) is 1.72. The number of hydrogen-bond donors (Lipinski definition) is 1. The highest BCUT2D eigenvalue weighted by Gasteiger charge is 2.45. The van der Waals surface area contributed by atoms with E-state index in [-0.39, 0.29) is 5.69 Å². The van der Waals surface area contributed by atoms with Crippen LogP contribution in [0.5, 0.6) is 12.0 Å². The molecular formula is C14H9F8N5O4. The lowest BCUT2D eigenvalue weighted by atomic mass is 10.3. The normalized spacial score (nSPS) is 12.2. The number of nitrogens with one attached hydrogen (secondary N) is 1. The van der Waals surface area contributed by atoms with E-state index in [4.69, 9.17) is 0 Å². The van der Waals surface area contributed by atoms with Crippen LogP contribution in [0.25, 0.3) is 0 Å². The van der Waals surface area contributed by atoms with E-state index in [0.717, 1.165) is 12.1 Å². The molecule has 0 unspecified atom stereocenters. The molecule has 0 atom stereocenters. The second-order valence-electron chi connectivity index (χ2n) is 5.47. The number of anilines is 2. The molecule has 0 spiro atoms. The third-order valence-corrected chi connectivity index (χ3v) is 3.10. The molecule has 1 heterocycles. The van der Waals surface area contributed by atoms with Gasteiger partial charge in [-0.25, -0.2) is 8.78 Å². The van der Waals surface area contributed by atoms with E-state index in [0.29, 0.717) is 0 Å². The fourth-order valence-corrected chi connectivity index (χ4v) is 1.72. The fraction of sp³-hybridized carbons (Fsp3) is 0.357. The zero-order valence-electron chi connectivity index (χ0n) is 14.6.